The van der Waals surface area contributed by atoms with Crippen LogP contribution >= 0.6 is 0 Å². The summed E-state index contributed by atoms with van der Waals surface area (Å²) in [4.78, 5) is 6.52. The van der Waals surface area contributed by atoms with Crippen LogP contribution in [0.3, 0.4) is 0 Å². The highest BCUT2D eigenvalue weighted by molar-refractivity contribution is 5.79. The summed E-state index contributed by atoms with van der Waals surface area (Å²) >= 11 is 0. The Morgan fingerprint density at radius 3 is 2.73 bits per heavy atom. The van der Waals surface area contributed by atoms with E-state index in [0.29, 0.717) is 0 Å². The van der Waals surface area contributed by atoms with Gasteiger partial charge in [0.25, 0.3) is 0 Å². The Bertz CT molecular complexity index is 865. The molecule has 0 fully saturated rings. The Kier molecular flexibility index (Phi) is 5.84. The lowest BCUT2D eigenvalue weighted by Crippen LogP contribution is -2.39. The standard InChI is InChI=1S/C20H26N6/c1-16-9-11-17(12-10-16)15-25(3)20(21-2)22-13-6-8-19-24-23-18-7-4-5-14-26(18)19/h4-5,7,9-12,14H,6,8,13,15H2,1-3H3,(H,21,22). The summed E-state index contributed by atoms with van der Waals surface area (Å²) in [6.07, 6.45) is 3.84. The van der Waals surface area contributed by atoms with Crippen molar-refractivity contribution in [1.82, 2.24) is 24.8 Å². The predicted octanol–water partition coefficient (Wildman–Crippen LogP) is 2.68. The van der Waals surface area contributed by atoms with Gasteiger partial charge in [-0.1, -0.05) is 35.9 Å². The number of aromatic nitrogens is 3. The molecule has 0 aliphatic rings. The van der Waals surface area contributed by atoms with Gasteiger partial charge in [0.1, 0.15) is 5.82 Å². The molecule has 0 saturated heterocycles. The minimum Gasteiger partial charge on any atom is -0.356 e. The van der Waals surface area contributed by atoms with Gasteiger partial charge < -0.3 is 10.2 Å². The zero-order valence-corrected chi connectivity index (χ0v) is 15.7. The van der Waals surface area contributed by atoms with Gasteiger partial charge in [0.05, 0.1) is 0 Å². The molecule has 0 amide bonds. The van der Waals surface area contributed by atoms with E-state index < -0.39 is 0 Å². The summed E-state index contributed by atoms with van der Waals surface area (Å²) in [5.41, 5.74) is 3.44. The Balaban J connectivity index is 1.48. The van der Waals surface area contributed by atoms with Gasteiger partial charge in [0, 0.05) is 39.8 Å². The molecule has 0 atom stereocenters. The van der Waals surface area contributed by atoms with Gasteiger partial charge in [-0.05, 0) is 31.0 Å². The second kappa shape index (κ2) is 8.47. The van der Waals surface area contributed by atoms with E-state index in [0.717, 1.165) is 43.4 Å². The minimum atomic E-state index is 0.828. The molecular formula is C20H26N6. The summed E-state index contributed by atoms with van der Waals surface area (Å²) in [5.74, 6) is 1.89. The van der Waals surface area contributed by atoms with Crippen molar-refractivity contribution in [2.45, 2.75) is 26.3 Å². The predicted molar refractivity (Wildman–Crippen MR) is 105 cm³/mol. The molecule has 6 nitrogen and oxygen atoms in total. The van der Waals surface area contributed by atoms with E-state index in [4.69, 9.17) is 0 Å². The number of pyridine rings is 1. The van der Waals surface area contributed by atoms with Gasteiger partial charge in [-0.3, -0.25) is 9.39 Å². The molecule has 2 aromatic heterocycles. The molecule has 1 aromatic carbocycles. The maximum atomic E-state index is 4.38. The number of hydrogen-bond donors (Lipinski definition) is 1. The quantitative estimate of drug-likeness (QED) is 0.422. The molecular weight excluding hydrogens is 324 g/mol. The first-order valence-corrected chi connectivity index (χ1v) is 8.93. The third kappa shape index (κ3) is 4.39. The number of benzene rings is 1. The van der Waals surface area contributed by atoms with Gasteiger partial charge in [0.2, 0.25) is 0 Å². The van der Waals surface area contributed by atoms with E-state index in [1.54, 1.807) is 0 Å². The highest BCUT2D eigenvalue weighted by Gasteiger charge is 2.07. The maximum Gasteiger partial charge on any atom is 0.193 e. The fourth-order valence-electron chi connectivity index (χ4n) is 2.94. The van der Waals surface area contributed by atoms with Gasteiger partial charge in [-0.2, -0.15) is 0 Å². The Labute approximate surface area is 154 Å². The summed E-state index contributed by atoms with van der Waals surface area (Å²) in [5, 5.41) is 11.9. The third-order valence-electron chi connectivity index (χ3n) is 4.36. The number of aryl methyl sites for hydroxylation is 2. The lowest BCUT2D eigenvalue weighted by molar-refractivity contribution is 0.475. The van der Waals surface area contributed by atoms with E-state index in [2.05, 4.69) is 63.6 Å². The molecule has 0 radical (unpaired) electrons. The van der Waals surface area contributed by atoms with Crippen molar-refractivity contribution in [1.29, 1.82) is 0 Å². The van der Waals surface area contributed by atoms with Crippen LogP contribution in [0.25, 0.3) is 5.65 Å². The Morgan fingerprint density at radius 2 is 1.96 bits per heavy atom. The van der Waals surface area contributed by atoms with Crippen LogP contribution in [0.4, 0.5) is 0 Å². The lowest BCUT2D eigenvalue weighted by Gasteiger charge is -2.22. The molecule has 136 valence electrons. The van der Waals surface area contributed by atoms with Crippen LogP contribution < -0.4 is 5.32 Å². The van der Waals surface area contributed by atoms with Crippen molar-refractivity contribution in [2.24, 2.45) is 4.99 Å². The average molecular weight is 350 g/mol. The Hall–Kier alpha value is -2.89. The van der Waals surface area contributed by atoms with Crippen LogP contribution in [0.1, 0.15) is 23.4 Å². The van der Waals surface area contributed by atoms with Crippen molar-refractivity contribution < 1.29 is 0 Å². The molecule has 6 heteroatoms. The maximum absolute atomic E-state index is 4.38. The number of nitrogens with one attached hydrogen (secondary N) is 1. The van der Waals surface area contributed by atoms with E-state index in [-0.39, 0.29) is 0 Å². The molecule has 0 unspecified atom stereocenters. The van der Waals surface area contributed by atoms with E-state index in [9.17, 15) is 0 Å². The molecule has 26 heavy (non-hydrogen) atoms. The van der Waals surface area contributed by atoms with Gasteiger partial charge in [-0.25, -0.2) is 0 Å². The first kappa shape index (κ1) is 17.9. The number of aliphatic imine (C=N–C) groups is 1. The van der Waals surface area contributed by atoms with Crippen LogP contribution in [0, 0.1) is 6.92 Å². The Morgan fingerprint density at radius 1 is 1.15 bits per heavy atom. The lowest BCUT2D eigenvalue weighted by atomic mass is 10.1. The van der Waals surface area contributed by atoms with Crippen LogP contribution in [-0.2, 0) is 13.0 Å². The third-order valence-corrected chi connectivity index (χ3v) is 4.36. The highest BCUT2D eigenvalue weighted by atomic mass is 15.3. The van der Waals surface area contributed by atoms with Crippen LogP contribution in [0.5, 0.6) is 0 Å². The first-order chi connectivity index (χ1) is 12.7. The largest absolute Gasteiger partial charge is 0.356 e. The number of fused-ring (bicyclic) bond motifs is 1. The molecule has 3 rings (SSSR count). The number of hydrogen-bond acceptors (Lipinski definition) is 3. The molecule has 0 saturated carbocycles. The average Bonchev–Trinajstić information content (AvgIpc) is 3.07. The molecule has 0 spiro atoms. The smallest absolute Gasteiger partial charge is 0.193 e. The van der Waals surface area contributed by atoms with Gasteiger partial charge >= 0.3 is 0 Å². The van der Waals surface area contributed by atoms with Crippen molar-refractivity contribution in [2.75, 3.05) is 20.6 Å². The summed E-state index contributed by atoms with van der Waals surface area (Å²) in [6, 6.07) is 14.6. The summed E-state index contributed by atoms with van der Waals surface area (Å²) < 4.78 is 2.04. The van der Waals surface area contributed by atoms with Gasteiger partial charge in [-0.15, -0.1) is 10.2 Å². The monoisotopic (exact) mass is 350 g/mol. The van der Waals surface area contributed by atoms with E-state index >= 15 is 0 Å². The zero-order chi connectivity index (χ0) is 18.4. The van der Waals surface area contributed by atoms with Gasteiger partial charge in [0.15, 0.2) is 11.6 Å². The second-order valence-electron chi connectivity index (χ2n) is 6.46. The van der Waals surface area contributed by atoms with E-state index in [1.807, 2.05) is 35.8 Å². The number of guanidine groups is 1. The topological polar surface area (TPSA) is 57.8 Å². The molecule has 2 heterocycles. The summed E-state index contributed by atoms with van der Waals surface area (Å²) in [7, 11) is 3.88. The minimum absolute atomic E-state index is 0.828. The molecule has 0 aliphatic carbocycles. The van der Waals surface area contributed by atoms with Crippen LogP contribution in [-0.4, -0.2) is 46.1 Å². The molecule has 3 aromatic rings. The van der Waals surface area contributed by atoms with Crippen LogP contribution in [0.15, 0.2) is 53.7 Å². The second-order valence-corrected chi connectivity index (χ2v) is 6.46. The fraction of sp³-hybridized carbons (Fsp3) is 0.350. The molecule has 0 aliphatic heterocycles. The van der Waals surface area contributed by atoms with Crippen LogP contribution in [0.2, 0.25) is 0 Å². The zero-order valence-electron chi connectivity index (χ0n) is 15.7. The van der Waals surface area contributed by atoms with Crippen molar-refractivity contribution >= 4 is 11.6 Å². The van der Waals surface area contributed by atoms with Crippen molar-refractivity contribution in [3.63, 3.8) is 0 Å². The highest BCUT2D eigenvalue weighted by Crippen LogP contribution is 2.07. The molecule has 0 bridgehead atoms. The molecule has 1 N–H and O–H groups in total. The number of rotatable bonds is 6. The number of nitrogens with zero attached hydrogens (tertiary/aromatic N) is 5. The normalized spacial score (nSPS) is 11.7. The first-order valence-electron chi connectivity index (χ1n) is 8.93. The fourth-order valence-corrected chi connectivity index (χ4v) is 2.94. The summed E-state index contributed by atoms with van der Waals surface area (Å²) in [6.45, 7) is 3.77. The van der Waals surface area contributed by atoms with E-state index in [1.165, 1.54) is 11.1 Å². The SMILES string of the molecule is CN=C(NCCCc1nnc2ccccn12)N(C)Cc1ccc(C)cc1. The van der Waals surface area contributed by atoms with Crippen molar-refractivity contribution in [3.05, 3.63) is 65.6 Å². The van der Waals surface area contributed by atoms with Crippen molar-refractivity contribution in [3.8, 4) is 0 Å².